The van der Waals surface area contributed by atoms with E-state index < -0.39 is 0 Å². The number of hydrogen-bond acceptors (Lipinski definition) is 0. The topological polar surface area (TPSA) is 0 Å². The average molecular weight is 63.7 g/mol. The van der Waals surface area contributed by atoms with Crippen molar-refractivity contribution in [2.45, 2.75) is 19.1 Å². The van der Waals surface area contributed by atoms with Crippen molar-refractivity contribution in [2.24, 2.45) is 0 Å². The highest BCUT2D eigenvalue weighted by molar-refractivity contribution is 6.18. The molecule has 0 rings (SSSR count). The van der Waals surface area contributed by atoms with Gasteiger partial charge in [-0.3, -0.25) is 0 Å². The molecule has 0 nitrogen and oxygen atoms in total. The van der Waals surface area contributed by atoms with E-state index in [2.05, 4.69) is 0 Å². The molecule has 0 aliphatic carbocycles. The Morgan fingerprint density at radius 2 is 2.00 bits per heavy atom. The summed E-state index contributed by atoms with van der Waals surface area (Å²) in [5.41, 5.74) is 0. The van der Waals surface area contributed by atoms with Gasteiger partial charge in [0, 0.05) is 0 Å². The van der Waals surface area contributed by atoms with Gasteiger partial charge in [0.25, 0.3) is 0 Å². The standard InChI is InChI=1S/C3H6B2/c1-3(5)2-4/h3H,2H2,1H3. The van der Waals surface area contributed by atoms with Gasteiger partial charge in [-0.25, -0.2) is 0 Å². The molecule has 0 fully saturated rings. The smallest absolute Gasteiger partial charge is 0.0685 e. The van der Waals surface area contributed by atoms with E-state index in [1.807, 2.05) is 6.92 Å². The van der Waals surface area contributed by atoms with Crippen molar-refractivity contribution in [3.05, 3.63) is 0 Å². The third-order valence-electron chi connectivity index (χ3n) is 0.372. The normalized spacial score (nSPS) is 14.6. The van der Waals surface area contributed by atoms with E-state index in [9.17, 15) is 0 Å². The Morgan fingerprint density at radius 1 is 1.80 bits per heavy atom. The first-order valence-corrected chi connectivity index (χ1v) is 1.73. The predicted molar refractivity (Wildman–Crippen MR) is 25.7 cm³/mol. The van der Waals surface area contributed by atoms with E-state index in [0.29, 0.717) is 6.32 Å². The van der Waals surface area contributed by atoms with Gasteiger partial charge in [0.2, 0.25) is 0 Å². The maximum absolute atomic E-state index is 5.17. The fraction of sp³-hybridized carbons (Fsp3) is 1.00. The van der Waals surface area contributed by atoms with Crippen molar-refractivity contribution in [2.75, 3.05) is 0 Å². The van der Waals surface area contributed by atoms with Crippen molar-refractivity contribution in [1.82, 2.24) is 0 Å². The molecule has 0 aromatic carbocycles. The van der Waals surface area contributed by atoms with Crippen LogP contribution in [0.25, 0.3) is 0 Å². The van der Waals surface area contributed by atoms with Crippen LogP contribution in [0, 0.1) is 0 Å². The molecule has 0 bridgehead atoms. The Kier molecular flexibility index (Phi) is 2.43. The van der Waals surface area contributed by atoms with Crippen LogP contribution in [0.3, 0.4) is 0 Å². The monoisotopic (exact) mass is 64.1 g/mol. The maximum atomic E-state index is 5.17. The zero-order valence-corrected chi connectivity index (χ0v) is 3.44. The Hall–Kier alpha value is 0.130. The van der Waals surface area contributed by atoms with Crippen molar-refractivity contribution < 1.29 is 0 Å². The third kappa shape index (κ3) is 4.13. The molecule has 0 aliphatic heterocycles. The van der Waals surface area contributed by atoms with Crippen LogP contribution in [-0.4, -0.2) is 15.7 Å². The van der Waals surface area contributed by atoms with Crippen LogP contribution in [0.5, 0.6) is 0 Å². The maximum Gasteiger partial charge on any atom is 0.0685 e. The molecular weight excluding hydrogens is 57.7 g/mol. The molecule has 0 saturated heterocycles. The SMILES string of the molecule is [B]CC([B])C. The summed E-state index contributed by atoms with van der Waals surface area (Å²) in [7, 11) is 10.2. The zero-order valence-electron chi connectivity index (χ0n) is 3.44. The summed E-state index contributed by atoms with van der Waals surface area (Å²) in [6.07, 6.45) is 0.583. The summed E-state index contributed by atoms with van der Waals surface area (Å²) in [6, 6.07) is 0. The van der Waals surface area contributed by atoms with E-state index >= 15 is 0 Å². The molecule has 0 N–H and O–H groups in total. The first-order valence-electron chi connectivity index (χ1n) is 1.73. The molecule has 1 atom stereocenters. The van der Waals surface area contributed by atoms with Gasteiger partial charge in [0.05, 0.1) is 15.7 Å². The first-order chi connectivity index (χ1) is 2.27. The molecule has 5 heavy (non-hydrogen) atoms. The Labute approximate surface area is 35.8 Å². The minimum Gasteiger partial charge on any atom is -0.0938 e. The van der Waals surface area contributed by atoms with Crippen molar-refractivity contribution in [1.29, 1.82) is 0 Å². The zero-order chi connectivity index (χ0) is 4.28. The molecular formula is C3H6B2. The second kappa shape index (κ2) is 2.37. The molecule has 24 valence electrons. The molecule has 4 radical (unpaired) electrons. The van der Waals surface area contributed by atoms with Crippen LogP contribution in [0.4, 0.5) is 0 Å². The fourth-order valence-electron chi connectivity index (χ4n) is 0. The lowest BCUT2D eigenvalue weighted by atomic mass is 9.79. The van der Waals surface area contributed by atoms with Gasteiger partial charge in [-0.05, 0) is 0 Å². The van der Waals surface area contributed by atoms with E-state index in [1.165, 1.54) is 0 Å². The van der Waals surface area contributed by atoms with Crippen molar-refractivity contribution in [3.8, 4) is 0 Å². The highest BCUT2D eigenvalue weighted by Crippen LogP contribution is 1.96. The van der Waals surface area contributed by atoms with Gasteiger partial charge in [-0.1, -0.05) is 19.1 Å². The van der Waals surface area contributed by atoms with E-state index in [4.69, 9.17) is 15.7 Å². The number of rotatable bonds is 1. The number of hydrogen-bond donors (Lipinski definition) is 0. The molecule has 0 aromatic rings. The van der Waals surface area contributed by atoms with Crippen molar-refractivity contribution >= 4 is 15.7 Å². The molecule has 0 saturated carbocycles. The van der Waals surface area contributed by atoms with Gasteiger partial charge in [-0.15, -0.1) is 0 Å². The van der Waals surface area contributed by atoms with Gasteiger partial charge < -0.3 is 0 Å². The summed E-state index contributed by atoms with van der Waals surface area (Å²) in [4.78, 5) is 0. The summed E-state index contributed by atoms with van der Waals surface area (Å²) < 4.78 is 0. The highest BCUT2D eigenvalue weighted by Gasteiger charge is 1.79. The van der Waals surface area contributed by atoms with Gasteiger partial charge in [-0.2, -0.15) is 0 Å². The van der Waals surface area contributed by atoms with Gasteiger partial charge in [0.15, 0.2) is 0 Å². The Bertz CT molecular complexity index is 18.9. The Morgan fingerprint density at radius 3 is 2.00 bits per heavy atom. The van der Waals surface area contributed by atoms with E-state index in [-0.39, 0.29) is 5.82 Å². The lowest BCUT2D eigenvalue weighted by Crippen LogP contribution is -1.79. The second-order valence-corrected chi connectivity index (χ2v) is 1.21. The summed E-state index contributed by atoms with van der Waals surface area (Å²) in [5, 5.41) is 0. The molecule has 0 amide bonds. The van der Waals surface area contributed by atoms with E-state index in [1.54, 1.807) is 0 Å². The summed E-state index contributed by atoms with van der Waals surface area (Å²) in [6.45, 7) is 1.88. The predicted octanol–water partition coefficient (Wildman–Crippen LogP) is 0.550. The summed E-state index contributed by atoms with van der Waals surface area (Å²) in [5.74, 6) is 0.162. The van der Waals surface area contributed by atoms with Crippen LogP contribution < -0.4 is 0 Å². The summed E-state index contributed by atoms with van der Waals surface area (Å²) >= 11 is 0. The van der Waals surface area contributed by atoms with Crippen molar-refractivity contribution in [3.63, 3.8) is 0 Å². The van der Waals surface area contributed by atoms with Gasteiger partial charge >= 0.3 is 0 Å². The Balaban J connectivity index is 2.54. The average Bonchev–Trinajstić information content (AvgIpc) is 1.38. The van der Waals surface area contributed by atoms with Gasteiger partial charge in [0.1, 0.15) is 0 Å². The minimum absolute atomic E-state index is 0.162. The van der Waals surface area contributed by atoms with Crippen LogP contribution in [0.1, 0.15) is 6.92 Å². The minimum atomic E-state index is 0.162. The van der Waals surface area contributed by atoms with Crippen LogP contribution in [0.15, 0.2) is 0 Å². The molecule has 0 spiro atoms. The molecule has 1 unspecified atom stereocenters. The van der Waals surface area contributed by atoms with Crippen LogP contribution in [-0.2, 0) is 0 Å². The molecule has 0 aromatic heterocycles. The fourth-order valence-corrected chi connectivity index (χ4v) is 0. The highest BCUT2D eigenvalue weighted by atomic mass is 13.7. The lowest BCUT2D eigenvalue weighted by molar-refractivity contribution is 1.07. The quantitative estimate of drug-likeness (QED) is 0.390. The van der Waals surface area contributed by atoms with E-state index in [0.717, 1.165) is 0 Å². The lowest BCUT2D eigenvalue weighted by Gasteiger charge is -1.90. The molecule has 0 aliphatic rings. The van der Waals surface area contributed by atoms with Crippen LogP contribution in [0.2, 0.25) is 12.1 Å². The van der Waals surface area contributed by atoms with Crippen LogP contribution >= 0.6 is 0 Å². The largest absolute Gasteiger partial charge is 0.0938 e. The molecule has 2 heteroatoms. The first kappa shape index (κ1) is 5.13. The molecule has 0 heterocycles. The third-order valence-corrected chi connectivity index (χ3v) is 0.372. The second-order valence-electron chi connectivity index (χ2n) is 1.21.